The van der Waals surface area contributed by atoms with Crippen LogP contribution in [0.5, 0.6) is 0 Å². The summed E-state index contributed by atoms with van der Waals surface area (Å²) in [6.07, 6.45) is 20.2. The molecular formula is C46H88NO13P. The van der Waals surface area contributed by atoms with Crippen molar-refractivity contribution in [3.05, 3.63) is 0 Å². The predicted octanol–water partition coefficient (Wildman–Crippen LogP) is 9.39. The van der Waals surface area contributed by atoms with Crippen LogP contribution in [0.1, 0.15) is 226 Å². The van der Waals surface area contributed by atoms with Gasteiger partial charge < -0.3 is 44.6 Å². The lowest BCUT2D eigenvalue weighted by Gasteiger charge is -2.44. The minimum absolute atomic E-state index is 0.0213. The summed E-state index contributed by atoms with van der Waals surface area (Å²) in [5.74, 6) is -2.34. The first-order valence-electron chi connectivity index (χ1n) is 24.4. The van der Waals surface area contributed by atoms with Crippen LogP contribution in [0.2, 0.25) is 0 Å². The van der Waals surface area contributed by atoms with E-state index in [1.54, 1.807) is 0 Å². The molecule has 1 saturated heterocycles. The van der Waals surface area contributed by atoms with E-state index in [9.17, 15) is 44.1 Å². The molecule has 0 aromatic carbocycles. The Hall–Kier alpha value is -1.64. The van der Waals surface area contributed by atoms with Gasteiger partial charge in [0.1, 0.15) is 18.2 Å². The van der Waals surface area contributed by atoms with E-state index in [0.717, 1.165) is 89.9 Å². The Bertz CT molecular complexity index is 1160. The Morgan fingerprint density at radius 3 is 1.41 bits per heavy atom. The topological polar surface area (TPSA) is 218 Å². The normalized spacial score (nSPS) is 20.3. The van der Waals surface area contributed by atoms with Crippen molar-refractivity contribution in [3.63, 3.8) is 0 Å². The lowest BCUT2D eigenvalue weighted by molar-refractivity contribution is -0.264. The number of ether oxygens (including phenoxy) is 3. The van der Waals surface area contributed by atoms with E-state index in [-0.39, 0.29) is 12.8 Å². The van der Waals surface area contributed by atoms with Gasteiger partial charge in [0, 0.05) is 6.42 Å². The number of esters is 2. The van der Waals surface area contributed by atoms with Crippen LogP contribution >= 0.6 is 7.82 Å². The van der Waals surface area contributed by atoms with E-state index in [1.807, 2.05) is 0 Å². The Kier molecular flexibility index (Phi) is 34.5. The van der Waals surface area contributed by atoms with Crippen molar-refractivity contribution >= 4 is 25.7 Å². The molecule has 0 aromatic heterocycles. The van der Waals surface area contributed by atoms with Crippen LogP contribution in [0.3, 0.4) is 0 Å². The maximum Gasteiger partial charge on any atom is 0.470 e. The fourth-order valence-electron chi connectivity index (χ4n) is 7.94. The summed E-state index contributed by atoms with van der Waals surface area (Å²) in [5, 5.41) is 34.4. The van der Waals surface area contributed by atoms with Crippen LogP contribution in [0.4, 0.5) is 0 Å². The number of carbonyl (C=O) groups excluding carboxylic acids is 3. The van der Waals surface area contributed by atoms with Crippen LogP contribution in [-0.4, -0.2) is 92.4 Å². The van der Waals surface area contributed by atoms with Gasteiger partial charge in [0.2, 0.25) is 12.2 Å². The second kappa shape index (κ2) is 36.7. The quantitative estimate of drug-likeness (QED) is 0.0192. The average molecular weight is 894 g/mol. The number of rotatable bonds is 40. The van der Waals surface area contributed by atoms with Gasteiger partial charge in [-0.25, -0.2) is 4.57 Å². The Labute approximate surface area is 368 Å². The highest BCUT2D eigenvalue weighted by molar-refractivity contribution is 7.46. The van der Waals surface area contributed by atoms with Crippen molar-refractivity contribution in [1.82, 2.24) is 5.32 Å². The number of amides is 1. The molecule has 6 N–H and O–H groups in total. The predicted molar refractivity (Wildman–Crippen MR) is 237 cm³/mol. The minimum Gasteiger partial charge on any atom is -0.457 e. The molecule has 14 nitrogen and oxygen atoms in total. The van der Waals surface area contributed by atoms with Gasteiger partial charge in [-0.3, -0.25) is 18.9 Å². The third-order valence-electron chi connectivity index (χ3n) is 11.5. The molecule has 0 unspecified atom stereocenters. The number of aliphatic hydroxyl groups is 3. The van der Waals surface area contributed by atoms with Gasteiger partial charge in [0.05, 0.1) is 31.7 Å². The van der Waals surface area contributed by atoms with Gasteiger partial charge in [0.25, 0.3) is 0 Å². The number of phosphoric ester groups is 1. The molecule has 1 heterocycles. The number of hydrogen-bond acceptors (Lipinski definition) is 11. The van der Waals surface area contributed by atoms with E-state index in [4.69, 9.17) is 18.7 Å². The summed E-state index contributed by atoms with van der Waals surface area (Å²) in [4.78, 5) is 59.7. The highest BCUT2D eigenvalue weighted by Crippen LogP contribution is 2.42. The molecule has 1 aliphatic rings. The van der Waals surface area contributed by atoms with Crippen LogP contribution in [0.25, 0.3) is 0 Å². The fourth-order valence-corrected chi connectivity index (χ4v) is 8.51. The standard InChI is InChI=1S/C46H88NO13P/c1-4-7-10-13-16-17-18-19-20-21-24-26-29-32-38(50)35-42(53)58-45-43(47-40(51)34-37(49)31-28-25-22-14-11-8-5-2)46(57-39(36-48)44(45)60-61(54,55)56)59-41(52)33-30-27-23-15-12-9-6-3/h37-39,43-46,48-50H,4-36H2,1-3H3,(H,47,51)(H2,54,55,56)/t37-,38-,39-,43-,44-,45-,46-/m1/s1. The molecule has 1 fully saturated rings. The van der Waals surface area contributed by atoms with Crippen molar-refractivity contribution in [1.29, 1.82) is 0 Å². The largest absolute Gasteiger partial charge is 0.470 e. The van der Waals surface area contributed by atoms with Gasteiger partial charge in [-0.2, -0.15) is 0 Å². The first-order valence-corrected chi connectivity index (χ1v) is 25.9. The Balaban J connectivity index is 2.98. The molecule has 0 spiro atoms. The highest BCUT2D eigenvalue weighted by atomic mass is 31.2. The molecule has 1 amide bonds. The van der Waals surface area contributed by atoms with Gasteiger partial charge >= 0.3 is 19.8 Å². The van der Waals surface area contributed by atoms with E-state index < -0.39 is 81.5 Å². The fraction of sp³-hybridized carbons (Fsp3) is 0.935. The molecule has 0 aliphatic carbocycles. The highest BCUT2D eigenvalue weighted by Gasteiger charge is 2.53. The van der Waals surface area contributed by atoms with Crippen molar-refractivity contribution in [2.75, 3.05) is 6.61 Å². The van der Waals surface area contributed by atoms with E-state index >= 15 is 0 Å². The molecular weight excluding hydrogens is 805 g/mol. The van der Waals surface area contributed by atoms with Crippen molar-refractivity contribution in [2.24, 2.45) is 0 Å². The third-order valence-corrected chi connectivity index (χ3v) is 12.0. The van der Waals surface area contributed by atoms with Crippen molar-refractivity contribution in [3.8, 4) is 0 Å². The van der Waals surface area contributed by atoms with Gasteiger partial charge in [-0.15, -0.1) is 0 Å². The summed E-state index contributed by atoms with van der Waals surface area (Å²) < 4.78 is 34.4. The van der Waals surface area contributed by atoms with Crippen LogP contribution in [-0.2, 0) is 37.7 Å². The van der Waals surface area contributed by atoms with E-state index in [2.05, 4.69) is 26.1 Å². The molecule has 1 aliphatic heterocycles. The van der Waals surface area contributed by atoms with Crippen LogP contribution < -0.4 is 5.32 Å². The number of carbonyl (C=O) groups is 3. The molecule has 1 rings (SSSR count). The maximum atomic E-state index is 13.4. The molecule has 7 atom stereocenters. The number of unbranched alkanes of at least 4 members (excludes halogenated alkanes) is 24. The zero-order valence-electron chi connectivity index (χ0n) is 38.3. The second-order valence-corrected chi connectivity index (χ2v) is 18.5. The molecule has 0 saturated carbocycles. The van der Waals surface area contributed by atoms with Gasteiger partial charge in [-0.05, 0) is 19.3 Å². The van der Waals surface area contributed by atoms with Crippen molar-refractivity contribution in [2.45, 2.75) is 269 Å². The molecule has 0 radical (unpaired) electrons. The molecule has 15 heteroatoms. The first-order chi connectivity index (χ1) is 29.3. The third kappa shape index (κ3) is 30.2. The lowest BCUT2D eigenvalue weighted by atomic mass is 9.96. The zero-order valence-corrected chi connectivity index (χ0v) is 39.2. The van der Waals surface area contributed by atoms with Crippen molar-refractivity contribution < 1.29 is 62.8 Å². The summed E-state index contributed by atoms with van der Waals surface area (Å²) in [7, 11) is -5.31. The van der Waals surface area contributed by atoms with Gasteiger partial charge in [-0.1, -0.05) is 188 Å². The smallest absolute Gasteiger partial charge is 0.457 e. The summed E-state index contributed by atoms with van der Waals surface area (Å²) in [6.45, 7) is 5.64. The molecule has 0 aromatic rings. The maximum absolute atomic E-state index is 13.4. The monoisotopic (exact) mass is 894 g/mol. The molecule has 61 heavy (non-hydrogen) atoms. The molecule has 0 bridgehead atoms. The summed E-state index contributed by atoms with van der Waals surface area (Å²) in [6, 6.07) is -1.54. The summed E-state index contributed by atoms with van der Waals surface area (Å²) in [5.41, 5.74) is 0. The molecule has 360 valence electrons. The number of nitrogens with one attached hydrogen (secondary N) is 1. The second-order valence-electron chi connectivity index (χ2n) is 17.4. The van der Waals surface area contributed by atoms with Crippen LogP contribution in [0.15, 0.2) is 0 Å². The van der Waals surface area contributed by atoms with Crippen LogP contribution in [0, 0.1) is 0 Å². The lowest BCUT2D eigenvalue weighted by Crippen LogP contribution is -2.66. The number of aliphatic hydroxyl groups excluding tert-OH is 3. The number of phosphoric acid groups is 1. The summed E-state index contributed by atoms with van der Waals surface area (Å²) >= 11 is 0. The van der Waals surface area contributed by atoms with E-state index in [1.165, 1.54) is 64.2 Å². The SMILES string of the molecule is CCCCCCCCCCCCCCC[C@@H](O)CC(=O)O[C@@H]1[C@@H](NC(=O)C[C@H](O)CCCCCCCCC)[C@@H](OC(=O)CCCCCCCCC)O[C@H](CO)[C@H]1OP(=O)(O)O. The minimum atomic E-state index is -5.31. The first kappa shape index (κ1) is 57.4. The van der Waals surface area contributed by atoms with Gasteiger partial charge in [0.15, 0.2) is 6.10 Å². The Morgan fingerprint density at radius 2 is 0.984 bits per heavy atom. The Morgan fingerprint density at radius 1 is 0.574 bits per heavy atom. The van der Waals surface area contributed by atoms with E-state index in [0.29, 0.717) is 32.1 Å². The average Bonchev–Trinajstić information content (AvgIpc) is 3.20. The zero-order chi connectivity index (χ0) is 45.1. The number of hydrogen-bond donors (Lipinski definition) is 6.